The molecular weight excluding hydrogens is 638 g/mol. The first-order chi connectivity index (χ1) is 23.8. The van der Waals surface area contributed by atoms with Crippen LogP contribution < -0.4 is 15.5 Å². The highest BCUT2D eigenvalue weighted by molar-refractivity contribution is 5.93. The number of hydrogen-bond acceptors (Lipinski definition) is 8. The van der Waals surface area contributed by atoms with E-state index < -0.39 is 35.8 Å². The number of rotatable bonds is 14. The maximum Gasteiger partial charge on any atom is 0.414 e. The zero-order chi connectivity index (χ0) is 36.4. The van der Waals surface area contributed by atoms with Gasteiger partial charge in [-0.05, 0) is 73.6 Å². The number of nitrogens with zero attached hydrogens (tertiary/aromatic N) is 1. The van der Waals surface area contributed by atoms with Crippen LogP contribution in [0.1, 0.15) is 70.7 Å². The van der Waals surface area contributed by atoms with E-state index >= 15 is 0 Å². The second kappa shape index (κ2) is 17.2. The third-order valence-electron chi connectivity index (χ3n) is 8.28. The Morgan fingerprint density at radius 1 is 0.860 bits per heavy atom. The number of benzene rings is 3. The van der Waals surface area contributed by atoms with E-state index in [-0.39, 0.29) is 44.0 Å². The molecule has 0 saturated heterocycles. The number of hydrogen-bond donors (Lipinski definition) is 2. The average Bonchev–Trinajstić information content (AvgIpc) is 3.39. The largest absolute Gasteiger partial charge is 0.466 e. The normalized spacial score (nSPS) is 13.4. The molecule has 0 radical (unpaired) electrons. The van der Waals surface area contributed by atoms with Crippen LogP contribution in [0, 0.1) is 5.92 Å². The number of esters is 1. The summed E-state index contributed by atoms with van der Waals surface area (Å²) in [6.45, 7) is 11.5. The molecule has 0 fully saturated rings. The van der Waals surface area contributed by atoms with Gasteiger partial charge in [0, 0.05) is 12.1 Å². The Morgan fingerprint density at radius 2 is 1.46 bits per heavy atom. The minimum absolute atomic E-state index is 0.00171. The fourth-order valence-corrected chi connectivity index (χ4v) is 5.84. The highest BCUT2D eigenvalue weighted by atomic mass is 16.6. The second-order valence-electron chi connectivity index (χ2n) is 13.5. The number of amides is 3. The van der Waals surface area contributed by atoms with Crippen LogP contribution in [0.4, 0.5) is 15.3 Å². The Hall–Kier alpha value is -4.90. The average molecular weight is 688 g/mol. The molecule has 3 amide bonds. The van der Waals surface area contributed by atoms with E-state index in [1.807, 2.05) is 74.5 Å². The number of alkyl carbamates (subject to hydrolysis) is 1. The zero-order valence-corrected chi connectivity index (χ0v) is 30.0. The van der Waals surface area contributed by atoms with Crippen LogP contribution in [0.25, 0.3) is 11.1 Å². The van der Waals surface area contributed by atoms with Crippen LogP contribution in [0.15, 0.2) is 72.8 Å². The minimum Gasteiger partial charge on any atom is -0.466 e. The fourth-order valence-electron chi connectivity index (χ4n) is 5.84. The molecule has 0 spiro atoms. The maximum absolute atomic E-state index is 13.7. The summed E-state index contributed by atoms with van der Waals surface area (Å²) in [7, 11) is 1.36. The van der Waals surface area contributed by atoms with E-state index in [0.29, 0.717) is 12.3 Å². The maximum atomic E-state index is 13.7. The number of methoxy groups -OCH3 is 1. The van der Waals surface area contributed by atoms with E-state index in [0.717, 1.165) is 27.8 Å². The molecular formula is C39H49N3O8. The first kappa shape index (κ1) is 37.9. The van der Waals surface area contributed by atoms with Crippen molar-refractivity contribution in [2.75, 3.05) is 31.8 Å². The lowest BCUT2D eigenvalue weighted by Gasteiger charge is -2.30. The predicted octanol–water partition coefficient (Wildman–Crippen LogP) is 6.58. The molecule has 1 aliphatic rings. The predicted molar refractivity (Wildman–Crippen MR) is 191 cm³/mol. The summed E-state index contributed by atoms with van der Waals surface area (Å²) in [5.74, 6) is -0.765. The summed E-state index contributed by atoms with van der Waals surface area (Å²) in [4.78, 5) is 53.3. The summed E-state index contributed by atoms with van der Waals surface area (Å²) in [5, 5.41) is 5.74. The molecule has 2 atom stereocenters. The van der Waals surface area contributed by atoms with Gasteiger partial charge in [0.05, 0.1) is 45.4 Å². The number of anilines is 1. The molecule has 0 aromatic heterocycles. The second-order valence-corrected chi connectivity index (χ2v) is 13.5. The first-order valence-electron chi connectivity index (χ1n) is 17.0. The summed E-state index contributed by atoms with van der Waals surface area (Å²) in [5.41, 5.74) is 4.69. The Balaban J connectivity index is 1.55. The van der Waals surface area contributed by atoms with Gasteiger partial charge >= 0.3 is 18.2 Å². The van der Waals surface area contributed by atoms with Crippen molar-refractivity contribution in [2.24, 2.45) is 5.92 Å². The van der Waals surface area contributed by atoms with Gasteiger partial charge in [0.2, 0.25) is 5.91 Å². The van der Waals surface area contributed by atoms with Gasteiger partial charge in [-0.2, -0.15) is 0 Å². The lowest BCUT2D eigenvalue weighted by Crippen LogP contribution is -2.53. The minimum atomic E-state index is -0.984. The van der Waals surface area contributed by atoms with Gasteiger partial charge in [-0.15, -0.1) is 0 Å². The van der Waals surface area contributed by atoms with Crippen LogP contribution in [-0.4, -0.2) is 68.7 Å². The lowest BCUT2D eigenvalue weighted by molar-refractivity contribution is -0.144. The molecule has 2 N–H and O–H groups in total. The van der Waals surface area contributed by atoms with Crippen LogP contribution in [0.2, 0.25) is 0 Å². The molecule has 0 heterocycles. The molecule has 4 rings (SSSR count). The molecule has 0 aliphatic heterocycles. The van der Waals surface area contributed by atoms with Gasteiger partial charge < -0.3 is 29.6 Å². The Morgan fingerprint density at radius 3 is 2.00 bits per heavy atom. The molecule has 3 aromatic rings. The standard InChI is InChI=1S/C39H49N3O8/c1-8-49-34(43)21-22-48-24-33(25(2)3)40-36(44)32(41-37(45)50-39(4,5)6)23-26-17-19-27(20-18-26)42(38(46)47-7)35-30-15-11-9-13-28(30)29-14-10-12-16-31(29)35/h9-20,25,32-33,35H,8,21-24H2,1-7H3,(H,40,44)(H,41,45)/t32-,33-/m1/s1. The van der Waals surface area contributed by atoms with Gasteiger partial charge in [0.1, 0.15) is 11.6 Å². The van der Waals surface area contributed by atoms with Crippen LogP contribution >= 0.6 is 0 Å². The fraction of sp³-hybridized carbons (Fsp3) is 0.436. The van der Waals surface area contributed by atoms with Crippen LogP contribution in [0.3, 0.4) is 0 Å². The van der Waals surface area contributed by atoms with Gasteiger partial charge in [-0.3, -0.25) is 14.5 Å². The van der Waals surface area contributed by atoms with Crippen molar-refractivity contribution >= 4 is 29.8 Å². The SMILES string of the molecule is CCOC(=O)CCOC[C@@H](NC(=O)[C@@H](Cc1ccc(N(C(=O)OC)C2c3ccccc3-c3ccccc32)cc1)NC(=O)OC(C)(C)C)C(C)C. The first-order valence-corrected chi connectivity index (χ1v) is 17.0. The van der Waals surface area contributed by atoms with Gasteiger partial charge in [0.15, 0.2) is 0 Å². The van der Waals surface area contributed by atoms with Crippen molar-refractivity contribution in [3.8, 4) is 11.1 Å². The third-order valence-corrected chi connectivity index (χ3v) is 8.28. The van der Waals surface area contributed by atoms with Crippen LogP contribution in [-0.2, 0) is 35.0 Å². The van der Waals surface area contributed by atoms with Crippen molar-refractivity contribution in [3.05, 3.63) is 89.5 Å². The number of carbonyl (C=O) groups is 4. The number of ether oxygens (including phenoxy) is 4. The van der Waals surface area contributed by atoms with Crippen LogP contribution in [0.5, 0.6) is 0 Å². The van der Waals surface area contributed by atoms with Gasteiger partial charge in [0.25, 0.3) is 0 Å². The molecule has 1 aliphatic carbocycles. The summed E-state index contributed by atoms with van der Waals surface area (Å²) in [6.07, 6.45) is -0.981. The van der Waals surface area contributed by atoms with E-state index in [4.69, 9.17) is 18.9 Å². The van der Waals surface area contributed by atoms with Crippen molar-refractivity contribution in [1.29, 1.82) is 0 Å². The summed E-state index contributed by atoms with van der Waals surface area (Å²) < 4.78 is 21.4. The quantitative estimate of drug-likeness (QED) is 0.110. The van der Waals surface area contributed by atoms with E-state index in [2.05, 4.69) is 22.8 Å². The smallest absolute Gasteiger partial charge is 0.414 e. The van der Waals surface area contributed by atoms with Crippen molar-refractivity contribution in [2.45, 2.75) is 78.1 Å². The number of fused-ring (bicyclic) bond motifs is 3. The molecule has 0 bridgehead atoms. The Bertz CT molecular complexity index is 1590. The third kappa shape index (κ3) is 9.84. The highest BCUT2D eigenvalue weighted by Crippen LogP contribution is 2.47. The number of carbonyl (C=O) groups excluding carboxylic acids is 4. The Kier molecular flexibility index (Phi) is 13.0. The lowest BCUT2D eigenvalue weighted by atomic mass is 10.0. The van der Waals surface area contributed by atoms with E-state index in [9.17, 15) is 19.2 Å². The van der Waals surface area contributed by atoms with E-state index in [1.165, 1.54) is 7.11 Å². The molecule has 268 valence electrons. The van der Waals surface area contributed by atoms with E-state index in [1.54, 1.807) is 32.6 Å². The monoisotopic (exact) mass is 687 g/mol. The van der Waals surface area contributed by atoms with Crippen molar-refractivity contribution in [1.82, 2.24) is 10.6 Å². The number of nitrogens with one attached hydrogen (secondary N) is 2. The summed E-state index contributed by atoms with van der Waals surface area (Å²) in [6, 6.07) is 21.5. The molecule has 3 aromatic carbocycles. The Labute approximate surface area is 294 Å². The molecule has 0 saturated carbocycles. The van der Waals surface area contributed by atoms with Gasteiger partial charge in [-0.1, -0.05) is 74.5 Å². The zero-order valence-electron chi connectivity index (χ0n) is 30.0. The molecule has 11 heteroatoms. The molecule has 50 heavy (non-hydrogen) atoms. The molecule has 0 unspecified atom stereocenters. The van der Waals surface area contributed by atoms with Crippen molar-refractivity contribution < 1.29 is 38.1 Å². The molecule has 11 nitrogen and oxygen atoms in total. The highest BCUT2D eigenvalue weighted by Gasteiger charge is 2.37. The topological polar surface area (TPSA) is 132 Å². The van der Waals surface area contributed by atoms with Crippen molar-refractivity contribution in [3.63, 3.8) is 0 Å². The van der Waals surface area contributed by atoms with Gasteiger partial charge in [-0.25, -0.2) is 9.59 Å². The summed E-state index contributed by atoms with van der Waals surface area (Å²) >= 11 is 0.